The third kappa shape index (κ3) is 4.63. The number of rotatable bonds is 7. The minimum Gasteiger partial charge on any atom is -0.341 e. The van der Waals surface area contributed by atoms with Gasteiger partial charge in [0.15, 0.2) is 0 Å². The van der Waals surface area contributed by atoms with Gasteiger partial charge in [0.05, 0.1) is 5.69 Å². The summed E-state index contributed by atoms with van der Waals surface area (Å²) in [5, 5.41) is 4.67. The van der Waals surface area contributed by atoms with Crippen LogP contribution in [0.4, 0.5) is 0 Å². The molecule has 0 aliphatic carbocycles. The Morgan fingerprint density at radius 2 is 1.96 bits per heavy atom. The van der Waals surface area contributed by atoms with E-state index in [0.29, 0.717) is 30.2 Å². The van der Waals surface area contributed by atoms with Crippen LogP contribution in [0.1, 0.15) is 50.6 Å². The maximum atomic E-state index is 12.7. The first kappa shape index (κ1) is 20.0. The lowest BCUT2D eigenvalue weighted by molar-refractivity contribution is -0.130. The topological polar surface area (TPSA) is 41.4 Å². The number of carbonyl (C=O) groups excluding carboxylic acids is 1. The van der Waals surface area contributed by atoms with E-state index in [0.717, 1.165) is 38.2 Å². The zero-order valence-electron chi connectivity index (χ0n) is 17.2. The normalized spacial score (nSPS) is 20.9. The van der Waals surface area contributed by atoms with Crippen LogP contribution < -0.4 is 0 Å². The number of likely N-dealkylation sites (N-methyl/N-ethyl adjacent to an activating group) is 1. The summed E-state index contributed by atoms with van der Waals surface area (Å²) in [6.07, 6.45) is 2.52. The standard InChI is InChI=1S/C20H36N4O/c1-8-17-12-23(13-19(17)22(6)7)20(25)10-9-18-15(4)21-24(16(18)5)11-14(2)3/h14,17,19H,8-13H2,1-7H3/t17-,19-/m0/s1. The summed E-state index contributed by atoms with van der Waals surface area (Å²) in [5.41, 5.74) is 3.55. The fourth-order valence-electron chi connectivity index (χ4n) is 4.05. The third-order valence-electron chi connectivity index (χ3n) is 5.61. The minimum atomic E-state index is 0.290. The van der Waals surface area contributed by atoms with Gasteiger partial charge in [0.1, 0.15) is 0 Å². The van der Waals surface area contributed by atoms with Crippen LogP contribution in [0.2, 0.25) is 0 Å². The summed E-state index contributed by atoms with van der Waals surface area (Å²) in [6.45, 7) is 13.6. The van der Waals surface area contributed by atoms with Crippen LogP contribution >= 0.6 is 0 Å². The van der Waals surface area contributed by atoms with E-state index in [2.05, 4.69) is 68.3 Å². The molecule has 2 heterocycles. The monoisotopic (exact) mass is 348 g/mol. The van der Waals surface area contributed by atoms with Gasteiger partial charge in [-0.15, -0.1) is 0 Å². The number of amides is 1. The summed E-state index contributed by atoms with van der Waals surface area (Å²) in [4.78, 5) is 17.1. The molecule has 0 aromatic carbocycles. The highest BCUT2D eigenvalue weighted by Crippen LogP contribution is 2.24. The molecule has 1 fully saturated rings. The Labute approximate surface area is 153 Å². The highest BCUT2D eigenvalue weighted by atomic mass is 16.2. The Hall–Kier alpha value is -1.36. The maximum Gasteiger partial charge on any atom is 0.222 e. The van der Waals surface area contributed by atoms with E-state index in [4.69, 9.17) is 0 Å². The minimum absolute atomic E-state index is 0.290. The fourth-order valence-corrected chi connectivity index (χ4v) is 4.05. The van der Waals surface area contributed by atoms with Gasteiger partial charge in [-0.2, -0.15) is 5.10 Å². The molecule has 25 heavy (non-hydrogen) atoms. The van der Waals surface area contributed by atoms with Crippen molar-refractivity contribution in [2.45, 2.75) is 66.5 Å². The van der Waals surface area contributed by atoms with Crippen LogP contribution in [0, 0.1) is 25.7 Å². The van der Waals surface area contributed by atoms with Crippen LogP contribution in [0.5, 0.6) is 0 Å². The van der Waals surface area contributed by atoms with E-state index in [9.17, 15) is 4.79 Å². The van der Waals surface area contributed by atoms with Crippen molar-refractivity contribution < 1.29 is 4.79 Å². The molecular weight excluding hydrogens is 312 g/mol. The lowest BCUT2D eigenvalue weighted by Crippen LogP contribution is -2.36. The van der Waals surface area contributed by atoms with Gasteiger partial charge in [0, 0.05) is 37.8 Å². The zero-order chi connectivity index (χ0) is 18.7. The number of aromatic nitrogens is 2. The number of nitrogens with zero attached hydrogens (tertiary/aromatic N) is 4. The van der Waals surface area contributed by atoms with Gasteiger partial charge >= 0.3 is 0 Å². The molecule has 0 radical (unpaired) electrons. The van der Waals surface area contributed by atoms with Crippen LogP contribution in [-0.2, 0) is 17.8 Å². The molecule has 1 aliphatic rings. The summed E-state index contributed by atoms with van der Waals surface area (Å²) >= 11 is 0. The summed E-state index contributed by atoms with van der Waals surface area (Å²) in [5.74, 6) is 1.46. The first-order valence-electron chi connectivity index (χ1n) is 9.71. The summed E-state index contributed by atoms with van der Waals surface area (Å²) < 4.78 is 2.10. The molecule has 5 heteroatoms. The molecule has 0 saturated carbocycles. The van der Waals surface area contributed by atoms with E-state index in [1.807, 2.05) is 0 Å². The van der Waals surface area contributed by atoms with Gasteiger partial charge in [0.25, 0.3) is 0 Å². The van der Waals surface area contributed by atoms with Gasteiger partial charge in [0.2, 0.25) is 5.91 Å². The van der Waals surface area contributed by atoms with Gasteiger partial charge < -0.3 is 9.80 Å². The van der Waals surface area contributed by atoms with Crippen molar-refractivity contribution in [2.24, 2.45) is 11.8 Å². The SMILES string of the molecule is CC[C@H]1CN(C(=O)CCc2c(C)nn(CC(C)C)c2C)C[C@@H]1N(C)C. The molecule has 5 nitrogen and oxygen atoms in total. The Bertz CT molecular complexity index is 591. The second kappa shape index (κ2) is 8.35. The van der Waals surface area contributed by atoms with Crippen molar-refractivity contribution in [3.63, 3.8) is 0 Å². The first-order chi connectivity index (χ1) is 11.7. The Morgan fingerprint density at radius 1 is 1.28 bits per heavy atom. The van der Waals surface area contributed by atoms with Crippen molar-refractivity contribution in [3.05, 3.63) is 17.0 Å². The molecule has 0 spiro atoms. The van der Waals surface area contributed by atoms with Crippen molar-refractivity contribution in [3.8, 4) is 0 Å². The number of carbonyl (C=O) groups is 1. The lowest BCUT2D eigenvalue weighted by Gasteiger charge is -2.23. The van der Waals surface area contributed by atoms with E-state index in [-0.39, 0.29) is 0 Å². The first-order valence-corrected chi connectivity index (χ1v) is 9.71. The van der Waals surface area contributed by atoms with Crippen LogP contribution in [0.25, 0.3) is 0 Å². The number of aryl methyl sites for hydroxylation is 1. The molecule has 1 aliphatic heterocycles. The Kier molecular flexibility index (Phi) is 6.66. The molecule has 0 bridgehead atoms. The Morgan fingerprint density at radius 3 is 2.48 bits per heavy atom. The van der Waals surface area contributed by atoms with Crippen molar-refractivity contribution >= 4 is 5.91 Å². The zero-order valence-corrected chi connectivity index (χ0v) is 17.2. The number of likely N-dealkylation sites (tertiary alicyclic amines) is 1. The average molecular weight is 349 g/mol. The molecule has 1 aromatic rings. The molecule has 0 unspecified atom stereocenters. The molecule has 142 valence electrons. The van der Waals surface area contributed by atoms with Gasteiger partial charge in [-0.25, -0.2) is 0 Å². The predicted molar refractivity (Wildman–Crippen MR) is 103 cm³/mol. The average Bonchev–Trinajstić information content (AvgIpc) is 3.07. The largest absolute Gasteiger partial charge is 0.341 e. The highest BCUT2D eigenvalue weighted by molar-refractivity contribution is 5.77. The lowest BCUT2D eigenvalue weighted by atomic mass is 10.0. The predicted octanol–water partition coefficient (Wildman–Crippen LogP) is 2.89. The second-order valence-electron chi connectivity index (χ2n) is 8.22. The summed E-state index contributed by atoms with van der Waals surface area (Å²) in [6, 6.07) is 0.492. The maximum absolute atomic E-state index is 12.7. The van der Waals surface area contributed by atoms with Crippen molar-refractivity contribution in [2.75, 3.05) is 27.2 Å². The van der Waals surface area contributed by atoms with Crippen molar-refractivity contribution in [1.82, 2.24) is 19.6 Å². The molecule has 1 amide bonds. The Balaban J connectivity index is 1.98. The van der Waals surface area contributed by atoms with Crippen molar-refractivity contribution in [1.29, 1.82) is 0 Å². The second-order valence-corrected chi connectivity index (χ2v) is 8.22. The molecule has 1 saturated heterocycles. The van der Waals surface area contributed by atoms with E-state index in [1.54, 1.807) is 0 Å². The summed E-state index contributed by atoms with van der Waals surface area (Å²) in [7, 11) is 4.24. The molecule has 2 rings (SSSR count). The van der Waals surface area contributed by atoms with E-state index in [1.165, 1.54) is 11.3 Å². The van der Waals surface area contributed by atoms with Crippen LogP contribution in [0.15, 0.2) is 0 Å². The number of hydrogen-bond donors (Lipinski definition) is 0. The van der Waals surface area contributed by atoms with Crippen LogP contribution in [0.3, 0.4) is 0 Å². The highest BCUT2D eigenvalue weighted by Gasteiger charge is 2.35. The van der Waals surface area contributed by atoms with Gasteiger partial charge in [-0.1, -0.05) is 27.2 Å². The van der Waals surface area contributed by atoms with E-state index < -0.39 is 0 Å². The molecule has 0 N–H and O–H groups in total. The fraction of sp³-hybridized carbons (Fsp3) is 0.800. The molecule has 1 aromatic heterocycles. The van der Waals surface area contributed by atoms with Crippen LogP contribution in [-0.4, -0.2) is 58.7 Å². The van der Waals surface area contributed by atoms with Gasteiger partial charge in [-0.3, -0.25) is 9.48 Å². The molecule has 2 atom stereocenters. The number of hydrogen-bond acceptors (Lipinski definition) is 3. The van der Waals surface area contributed by atoms with E-state index >= 15 is 0 Å². The molecular formula is C20H36N4O. The third-order valence-corrected chi connectivity index (χ3v) is 5.61. The smallest absolute Gasteiger partial charge is 0.222 e. The van der Waals surface area contributed by atoms with Gasteiger partial charge in [-0.05, 0) is 51.8 Å². The quantitative estimate of drug-likeness (QED) is 0.761.